The Kier molecular flexibility index (Phi) is 2.98. The van der Waals surface area contributed by atoms with Crippen molar-refractivity contribution in [3.63, 3.8) is 0 Å². The van der Waals surface area contributed by atoms with Crippen molar-refractivity contribution in [2.45, 2.75) is 18.9 Å². The Labute approximate surface area is 83.2 Å². The van der Waals surface area contributed by atoms with Gasteiger partial charge in [0.25, 0.3) is 0 Å². The van der Waals surface area contributed by atoms with E-state index in [0.717, 1.165) is 0 Å². The lowest BCUT2D eigenvalue weighted by Crippen LogP contribution is -2.34. The number of anilines is 1. The number of hydrogen-bond donors (Lipinski definition) is 4. The number of phenolic OH excluding ortho intramolecular Hbond substituents is 1. The fraction of sp³-hybridized carbons (Fsp3) is 0.400. The molecular formula is C10H16N2O2. The zero-order valence-electron chi connectivity index (χ0n) is 8.20. The minimum absolute atomic E-state index is 0.0118. The van der Waals surface area contributed by atoms with Crippen molar-refractivity contribution >= 4 is 5.69 Å². The van der Waals surface area contributed by atoms with Crippen LogP contribution in [0.1, 0.15) is 18.9 Å². The highest BCUT2D eigenvalue weighted by atomic mass is 16.3. The molecule has 1 rings (SSSR count). The normalized spacial score (nSPS) is 15.1. The second-order valence-electron chi connectivity index (χ2n) is 3.66. The molecule has 4 heteroatoms. The first-order valence-electron chi connectivity index (χ1n) is 4.46. The molecule has 1 aromatic carbocycles. The van der Waals surface area contributed by atoms with E-state index in [1.54, 1.807) is 13.0 Å². The lowest BCUT2D eigenvalue weighted by Gasteiger charge is -2.25. The van der Waals surface area contributed by atoms with Gasteiger partial charge in [0.05, 0.1) is 0 Å². The first-order chi connectivity index (χ1) is 6.47. The maximum atomic E-state index is 9.30. The summed E-state index contributed by atoms with van der Waals surface area (Å²) >= 11 is 0. The Morgan fingerprint density at radius 2 is 2.07 bits per heavy atom. The molecule has 0 fully saturated rings. The third kappa shape index (κ3) is 2.16. The average molecular weight is 196 g/mol. The molecule has 6 N–H and O–H groups in total. The second kappa shape index (κ2) is 3.86. The highest BCUT2D eigenvalue weighted by molar-refractivity contribution is 5.53. The van der Waals surface area contributed by atoms with Crippen LogP contribution in [0.4, 0.5) is 5.69 Å². The molecule has 0 aromatic heterocycles. The SMILES string of the molecule is C[C@](N)(CCO)c1cc(O)ccc1N. The quantitative estimate of drug-likeness (QED) is 0.419. The van der Waals surface area contributed by atoms with E-state index >= 15 is 0 Å². The molecule has 0 unspecified atom stereocenters. The fourth-order valence-electron chi connectivity index (χ4n) is 1.41. The van der Waals surface area contributed by atoms with Crippen LogP contribution in [0.15, 0.2) is 18.2 Å². The molecule has 0 bridgehead atoms. The van der Waals surface area contributed by atoms with Gasteiger partial charge < -0.3 is 21.7 Å². The van der Waals surface area contributed by atoms with E-state index in [0.29, 0.717) is 17.7 Å². The number of nitrogen functional groups attached to an aromatic ring is 1. The van der Waals surface area contributed by atoms with Crippen molar-refractivity contribution in [1.82, 2.24) is 0 Å². The highest BCUT2D eigenvalue weighted by Crippen LogP contribution is 2.29. The van der Waals surface area contributed by atoms with Crippen LogP contribution < -0.4 is 11.5 Å². The van der Waals surface area contributed by atoms with E-state index in [4.69, 9.17) is 16.6 Å². The number of benzene rings is 1. The van der Waals surface area contributed by atoms with Crippen LogP contribution in [0.25, 0.3) is 0 Å². The summed E-state index contributed by atoms with van der Waals surface area (Å²) in [7, 11) is 0. The smallest absolute Gasteiger partial charge is 0.116 e. The molecule has 14 heavy (non-hydrogen) atoms. The predicted molar refractivity (Wildman–Crippen MR) is 55.8 cm³/mol. The van der Waals surface area contributed by atoms with E-state index in [-0.39, 0.29) is 12.4 Å². The van der Waals surface area contributed by atoms with Crippen molar-refractivity contribution in [3.8, 4) is 5.75 Å². The van der Waals surface area contributed by atoms with Gasteiger partial charge in [-0.25, -0.2) is 0 Å². The Hall–Kier alpha value is -1.26. The van der Waals surface area contributed by atoms with Gasteiger partial charge in [-0.2, -0.15) is 0 Å². The van der Waals surface area contributed by atoms with Gasteiger partial charge in [0.15, 0.2) is 0 Å². The zero-order chi connectivity index (χ0) is 10.8. The van der Waals surface area contributed by atoms with Crippen LogP contribution in [0.3, 0.4) is 0 Å². The van der Waals surface area contributed by atoms with E-state index in [1.165, 1.54) is 12.1 Å². The summed E-state index contributed by atoms with van der Waals surface area (Å²) < 4.78 is 0. The number of phenols is 1. The van der Waals surface area contributed by atoms with Crippen LogP contribution in [-0.4, -0.2) is 16.8 Å². The van der Waals surface area contributed by atoms with E-state index in [9.17, 15) is 5.11 Å². The van der Waals surface area contributed by atoms with Crippen LogP contribution in [0, 0.1) is 0 Å². The molecule has 0 radical (unpaired) electrons. The monoisotopic (exact) mass is 196 g/mol. The van der Waals surface area contributed by atoms with Crippen LogP contribution in [-0.2, 0) is 5.54 Å². The van der Waals surface area contributed by atoms with Crippen LogP contribution >= 0.6 is 0 Å². The summed E-state index contributed by atoms with van der Waals surface area (Å²) in [5.74, 6) is 0.129. The van der Waals surface area contributed by atoms with Crippen LogP contribution in [0.5, 0.6) is 5.75 Å². The Bertz CT molecular complexity index is 324. The number of aliphatic hydroxyl groups is 1. The molecule has 1 aromatic rings. The number of hydrogen-bond acceptors (Lipinski definition) is 4. The van der Waals surface area contributed by atoms with Crippen molar-refractivity contribution in [1.29, 1.82) is 0 Å². The average Bonchev–Trinajstić information content (AvgIpc) is 2.09. The topological polar surface area (TPSA) is 92.5 Å². The highest BCUT2D eigenvalue weighted by Gasteiger charge is 2.23. The van der Waals surface area contributed by atoms with Gasteiger partial charge in [-0.15, -0.1) is 0 Å². The van der Waals surface area contributed by atoms with Gasteiger partial charge in [-0.3, -0.25) is 0 Å². The van der Waals surface area contributed by atoms with Crippen molar-refractivity contribution in [2.75, 3.05) is 12.3 Å². The molecule has 0 heterocycles. The summed E-state index contributed by atoms with van der Waals surface area (Å²) in [4.78, 5) is 0. The van der Waals surface area contributed by atoms with Crippen molar-refractivity contribution in [3.05, 3.63) is 23.8 Å². The first-order valence-corrected chi connectivity index (χ1v) is 4.46. The zero-order valence-corrected chi connectivity index (χ0v) is 8.20. The molecule has 0 amide bonds. The molecule has 4 nitrogen and oxygen atoms in total. The van der Waals surface area contributed by atoms with E-state index < -0.39 is 5.54 Å². The summed E-state index contributed by atoms with van der Waals surface area (Å²) in [6.45, 7) is 1.76. The second-order valence-corrected chi connectivity index (χ2v) is 3.66. The fourth-order valence-corrected chi connectivity index (χ4v) is 1.41. The number of aromatic hydroxyl groups is 1. The minimum atomic E-state index is -0.711. The Balaban J connectivity index is 3.10. The maximum absolute atomic E-state index is 9.30. The van der Waals surface area contributed by atoms with Gasteiger partial charge in [0.1, 0.15) is 5.75 Å². The predicted octanol–water partition coefficient (Wildman–Crippen LogP) is 0.531. The van der Waals surface area contributed by atoms with Gasteiger partial charge in [0, 0.05) is 17.8 Å². The van der Waals surface area contributed by atoms with Gasteiger partial charge in [-0.05, 0) is 37.1 Å². The molecule has 0 aliphatic carbocycles. The summed E-state index contributed by atoms with van der Waals surface area (Å²) in [6, 6.07) is 4.64. The number of aliphatic hydroxyl groups excluding tert-OH is 1. The van der Waals surface area contributed by atoms with Crippen molar-refractivity contribution < 1.29 is 10.2 Å². The molecule has 0 aliphatic heterocycles. The number of nitrogens with two attached hydrogens (primary N) is 2. The van der Waals surface area contributed by atoms with E-state index in [1.807, 2.05) is 0 Å². The molecule has 0 saturated carbocycles. The first kappa shape index (κ1) is 10.8. The molecule has 0 aliphatic rings. The third-order valence-electron chi connectivity index (χ3n) is 2.28. The van der Waals surface area contributed by atoms with Gasteiger partial charge >= 0.3 is 0 Å². The van der Waals surface area contributed by atoms with Gasteiger partial charge in [-0.1, -0.05) is 0 Å². The van der Waals surface area contributed by atoms with Gasteiger partial charge in [0.2, 0.25) is 0 Å². The van der Waals surface area contributed by atoms with Crippen molar-refractivity contribution in [2.24, 2.45) is 5.73 Å². The summed E-state index contributed by atoms with van der Waals surface area (Å²) in [5.41, 5.74) is 12.2. The number of rotatable bonds is 3. The standard InChI is InChI=1S/C10H16N2O2/c1-10(12,4-5-13)8-6-7(14)2-3-9(8)11/h2-3,6,13-14H,4-5,11-12H2,1H3/t10-/m0/s1. The molecule has 0 saturated heterocycles. The third-order valence-corrected chi connectivity index (χ3v) is 2.28. The van der Waals surface area contributed by atoms with Crippen LogP contribution in [0.2, 0.25) is 0 Å². The molecule has 78 valence electrons. The lowest BCUT2D eigenvalue weighted by molar-refractivity contribution is 0.247. The Morgan fingerprint density at radius 1 is 1.43 bits per heavy atom. The minimum Gasteiger partial charge on any atom is -0.508 e. The summed E-state index contributed by atoms with van der Waals surface area (Å²) in [5, 5.41) is 18.1. The molecular weight excluding hydrogens is 180 g/mol. The Morgan fingerprint density at radius 3 is 2.64 bits per heavy atom. The lowest BCUT2D eigenvalue weighted by atomic mass is 9.89. The summed E-state index contributed by atoms with van der Waals surface area (Å²) in [6.07, 6.45) is 0.403. The largest absolute Gasteiger partial charge is 0.508 e. The van der Waals surface area contributed by atoms with E-state index in [2.05, 4.69) is 0 Å². The molecule has 1 atom stereocenters. The maximum Gasteiger partial charge on any atom is 0.116 e. The molecule has 0 spiro atoms.